The third kappa shape index (κ3) is 3.97. The molecule has 0 atom stereocenters. The van der Waals surface area contributed by atoms with Crippen molar-refractivity contribution in [2.45, 2.75) is 64.7 Å². The average molecular weight is 234 g/mol. The topological polar surface area (TPSA) is 17.1 Å². The Balaban J connectivity index is 1.77. The van der Waals surface area contributed by atoms with Crippen LogP contribution in [0.5, 0.6) is 0 Å². The Labute approximate surface area is 106 Å². The molecule has 2 aliphatic rings. The SMILES string of the molecule is CC1CCC(C(=O)/C=C/C2CCCCC2)CC1. The molecule has 0 aromatic rings. The Kier molecular flexibility index (Phi) is 4.82. The maximum atomic E-state index is 12.1. The monoisotopic (exact) mass is 234 g/mol. The lowest BCUT2D eigenvalue weighted by Crippen LogP contribution is -2.19. The van der Waals surface area contributed by atoms with E-state index in [1.807, 2.05) is 6.08 Å². The van der Waals surface area contributed by atoms with Gasteiger partial charge in [0.05, 0.1) is 0 Å². The van der Waals surface area contributed by atoms with Crippen molar-refractivity contribution in [1.82, 2.24) is 0 Å². The van der Waals surface area contributed by atoms with Crippen LogP contribution in [-0.2, 0) is 4.79 Å². The molecule has 0 aromatic heterocycles. The Bertz CT molecular complexity index is 265. The van der Waals surface area contributed by atoms with Crippen molar-refractivity contribution in [1.29, 1.82) is 0 Å². The summed E-state index contributed by atoms with van der Waals surface area (Å²) in [5.74, 6) is 2.27. The first kappa shape index (κ1) is 12.9. The lowest BCUT2D eigenvalue weighted by molar-refractivity contribution is -0.119. The summed E-state index contributed by atoms with van der Waals surface area (Å²) in [7, 11) is 0. The van der Waals surface area contributed by atoms with Crippen molar-refractivity contribution in [3.63, 3.8) is 0 Å². The first-order chi connectivity index (χ1) is 8.25. The van der Waals surface area contributed by atoms with Gasteiger partial charge in [0.15, 0.2) is 5.78 Å². The van der Waals surface area contributed by atoms with Crippen LogP contribution in [0.2, 0.25) is 0 Å². The predicted octanol–water partition coefficient (Wildman–Crippen LogP) is 4.52. The molecule has 0 spiro atoms. The second-order valence-electron chi connectivity index (χ2n) is 6.12. The van der Waals surface area contributed by atoms with Gasteiger partial charge in [-0.15, -0.1) is 0 Å². The van der Waals surface area contributed by atoms with Crippen LogP contribution in [0, 0.1) is 17.8 Å². The first-order valence-corrected chi connectivity index (χ1v) is 7.47. The van der Waals surface area contributed by atoms with Gasteiger partial charge >= 0.3 is 0 Å². The molecule has 0 aromatic carbocycles. The Morgan fingerprint density at radius 1 is 0.941 bits per heavy atom. The smallest absolute Gasteiger partial charge is 0.158 e. The van der Waals surface area contributed by atoms with E-state index in [1.54, 1.807) is 0 Å². The highest BCUT2D eigenvalue weighted by atomic mass is 16.1. The predicted molar refractivity (Wildman–Crippen MR) is 71.8 cm³/mol. The van der Waals surface area contributed by atoms with Crippen molar-refractivity contribution in [3.8, 4) is 0 Å². The minimum Gasteiger partial charge on any atom is -0.295 e. The van der Waals surface area contributed by atoms with Crippen molar-refractivity contribution in [2.24, 2.45) is 17.8 Å². The van der Waals surface area contributed by atoms with E-state index in [2.05, 4.69) is 13.0 Å². The molecular formula is C16H26O. The normalized spacial score (nSPS) is 31.8. The van der Waals surface area contributed by atoms with Crippen molar-refractivity contribution in [2.75, 3.05) is 0 Å². The van der Waals surface area contributed by atoms with Crippen LogP contribution in [-0.4, -0.2) is 5.78 Å². The van der Waals surface area contributed by atoms with Gasteiger partial charge in [0.1, 0.15) is 0 Å². The fourth-order valence-corrected chi connectivity index (χ4v) is 3.24. The van der Waals surface area contributed by atoms with E-state index in [-0.39, 0.29) is 0 Å². The van der Waals surface area contributed by atoms with Crippen molar-refractivity contribution < 1.29 is 4.79 Å². The van der Waals surface area contributed by atoms with E-state index in [1.165, 1.54) is 44.9 Å². The van der Waals surface area contributed by atoms with E-state index >= 15 is 0 Å². The second-order valence-corrected chi connectivity index (χ2v) is 6.12. The summed E-state index contributed by atoms with van der Waals surface area (Å²) in [6, 6.07) is 0. The minimum absolute atomic E-state index is 0.339. The molecule has 1 heteroatoms. The molecule has 0 heterocycles. The Hall–Kier alpha value is -0.590. The number of hydrogen-bond acceptors (Lipinski definition) is 1. The molecule has 0 amide bonds. The summed E-state index contributed by atoms with van der Waals surface area (Å²) >= 11 is 0. The molecule has 2 saturated carbocycles. The molecule has 2 rings (SSSR count). The molecule has 0 unspecified atom stereocenters. The van der Waals surface area contributed by atoms with E-state index in [4.69, 9.17) is 0 Å². The number of carbonyl (C=O) groups is 1. The molecule has 0 saturated heterocycles. The first-order valence-electron chi connectivity index (χ1n) is 7.47. The van der Waals surface area contributed by atoms with Gasteiger partial charge < -0.3 is 0 Å². The quantitative estimate of drug-likeness (QED) is 0.656. The Morgan fingerprint density at radius 2 is 1.59 bits per heavy atom. The summed E-state index contributed by atoms with van der Waals surface area (Å²) in [5, 5.41) is 0. The zero-order valence-electron chi connectivity index (χ0n) is 11.2. The standard InChI is InChI=1S/C16H26O/c1-13-7-10-15(11-8-13)16(17)12-9-14-5-3-2-4-6-14/h9,12-15H,2-8,10-11H2,1H3/b12-9+. The van der Waals surface area contributed by atoms with Gasteiger partial charge in [0.25, 0.3) is 0 Å². The fourth-order valence-electron chi connectivity index (χ4n) is 3.24. The van der Waals surface area contributed by atoms with Gasteiger partial charge in [-0.1, -0.05) is 45.1 Å². The van der Waals surface area contributed by atoms with Gasteiger partial charge in [0.2, 0.25) is 0 Å². The minimum atomic E-state index is 0.339. The van der Waals surface area contributed by atoms with Crippen LogP contribution in [0.4, 0.5) is 0 Å². The highest BCUT2D eigenvalue weighted by Gasteiger charge is 2.22. The van der Waals surface area contributed by atoms with Crippen LogP contribution in [0.1, 0.15) is 64.7 Å². The molecule has 0 bridgehead atoms. The molecule has 1 nitrogen and oxygen atoms in total. The lowest BCUT2D eigenvalue weighted by atomic mass is 9.80. The average Bonchev–Trinajstić information content (AvgIpc) is 2.38. The molecular weight excluding hydrogens is 208 g/mol. The molecule has 0 aliphatic heterocycles. The van der Waals surface area contributed by atoms with E-state index in [0.717, 1.165) is 18.8 Å². The molecule has 0 N–H and O–H groups in total. The van der Waals surface area contributed by atoms with Gasteiger partial charge in [-0.05, 0) is 43.6 Å². The van der Waals surface area contributed by atoms with Gasteiger partial charge in [0, 0.05) is 5.92 Å². The maximum absolute atomic E-state index is 12.1. The maximum Gasteiger partial charge on any atom is 0.158 e. The largest absolute Gasteiger partial charge is 0.295 e. The lowest BCUT2D eigenvalue weighted by Gasteiger charge is -2.24. The number of carbonyl (C=O) groups excluding carboxylic acids is 1. The van der Waals surface area contributed by atoms with Crippen LogP contribution in [0.3, 0.4) is 0 Å². The summed E-state index contributed by atoms with van der Waals surface area (Å²) < 4.78 is 0. The Morgan fingerprint density at radius 3 is 2.24 bits per heavy atom. The van der Waals surface area contributed by atoms with Crippen LogP contribution in [0.25, 0.3) is 0 Å². The zero-order chi connectivity index (χ0) is 12.1. The number of hydrogen-bond donors (Lipinski definition) is 0. The fraction of sp³-hybridized carbons (Fsp3) is 0.812. The molecule has 2 aliphatic carbocycles. The third-order valence-corrected chi connectivity index (χ3v) is 4.60. The summed E-state index contributed by atoms with van der Waals surface area (Å²) in [5.41, 5.74) is 0. The number of allylic oxidation sites excluding steroid dienone is 2. The van der Waals surface area contributed by atoms with Gasteiger partial charge in [-0.25, -0.2) is 0 Å². The zero-order valence-corrected chi connectivity index (χ0v) is 11.2. The highest BCUT2D eigenvalue weighted by Crippen LogP contribution is 2.30. The van der Waals surface area contributed by atoms with E-state index in [9.17, 15) is 4.79 Å². The number of rotatable bonds is 3. The van der Waals surface area contributed by atoms with Crippen LogP contribution in [0.15, 0.2) is 12.2 Å². The number of ketones is 1. The summed E-state index contributed by atoms with van der Waals surface area (Å²) in [6.07, 6.45) is 15.5. The van der Waals surface area contributed by atoms with Gasteiger partial charge in [-0.2, -0.15) is 0 Å². The summed E-state index contributed by atoms with van der Waals surface area (Å²) in [4.78, 5) is 12.1. The van der Waals surface area contributed by atoms with Gasteiger partial charge in [-0.3, -0.25) is 4.79 Å². The molecule has 0 radical (unpaired) electrons. The van der Waals surface area contributed by atoms with Crippen LogP contribution < -0.4 is 0 Å². The third-order valence-electron chi connectivity index (χ3n) is 4.60. The molecule has 2 fully saturated rings. The van der Waals surface area contributed by atoms with Crippen LogP contribution >= 0.6 is 0 Å². The highest BCUT2D eigenvalue weighted by molar-refractivity contribution is 5.91. The summed E-state index contributed by atoms with van der Waals surface area (Å²) in [6.45, 7) is 2.30. The second kappa shape index (κ2) is 6.37. The molecule has 17 heavy (non-hydrogen) atoms. The van der Waals surface area contributed by atoms with Crippen molar-refractivity contribution >= 4 is 5.78 Å². The molecule has 96 valence electrons. The van der Waals surface area contributed by atoms with E-state index < -0.39 is 0 Å². The van der Waals surface area contributed by atoms with E-state index in [0.29, 0.717) is 17.6 Å². The van der Waals surface area contributed by atoms with Crippen molar-refractivity contribution in [3.05, 3.63) is 12.2 Å².